The van der Waals surface area contributed by atoms with Gasteiger partial charge in [-0.1, -0.05) is 0 Å². The molecule has 0 saturated heterocycles. The Morgan fingerprint density at radius 3 is 2.75 bits per heavy atom. The quantitative estimate of drug-likeness (QED) is 0.805. The number of hydrogen-bond acceptors (Lipinski definition) is 4. The van der Waals surface area contributed by atoms with Crippen molar-refractivity contribution in [1.29, 1.82) is 0 Å². The lowest BCUT2D eigenvalue weighted by Gasteiger charge is -1.97. The summed E-state index contributed by atoms with van der Waals surface area (Å²) < 4.78 is 5.08. The minimum absolute atomic E-state index is 0.403. The summed E-state index contributed by atoms with van der Waals surface area (Å²) >= 11 is 0. The van der Waals surface area contributed by atoms with Crippen LogP contribution >= 0.6 is 0 Å². The maximum absolute atomic E-state index is 5.62. The summed E-state index contributed by atoms with van der Waals surface area (Å²) in [6, 6.07) is 3.80. The predicted octanol–water partition coefficient (Wildman–Crippen LogP) is 1.08. The molecule has 0 fully saturated rings. The SMILES string of the molecule is COCc1[nH]c(-c2ccncc2)nc1CN. The third-order valence-electron chi connectivity index (χ3n) is 2.30. The number of hydrogen-bond donors (Lipinski definition) is 2. The Bertz CT molecular complexity index is 452. The van der Waals surface area contributed by atoms with Crippen molar-refractivity contribution in [3.63, 3.8) is 0 Å². The summed E-state index contributed by atoms with van der Waals surface area (Å²) in [6.07, 6.45) is 3.46. The molecule has 2 aromatic heterocycles. The van der Waals surface area contributed by atoms with Crippen molar-refractivity contribution in [2.45, 2.75) is 13.2 Å². The van der Waals surface area contributed by atoms with Crippen LogP contribution in [0.2, 0.25) is 0 Å². The van der Waals surface area contributed by atoms with E-state index in [2.05, 4.69) is 15.0 Å². The molecule has 0 aliphatic rings. The molecule has 0 saturated carbocycles. The van der Waals surface area contributed by atoms with E-state index in [1.807, 2.05) is 12.1 Å². The Labute approximate surface area is 93.7 Å². The molecule has 16 heavy (non-hydrogen) atoms. The molecule has 0 spiro atoms. The molecule has 0 atom stereocenters. The maximum Gasteiger partial charge on any atom is 0.138 e. The smallest absolute Gasteiger partial charge is 0.138 e. The van der Waals surface area contributed by atoms with Gasteiger partial charge in [0.2, 0.25) is 0 Å². The number of aromatic nitrogens is 3. The fourth-order valence-corrected chi connectivity index (χ4v) is 1.52. The average Bonchev–Trinajstić information content (AvgIpc) is 2.74. The van der Waals surface area contributed by atoms with Crippen molar-refractivity contribution in [2.24, 2.45) is 5.73 Å². The standard InChI is InChI=1S/C11H14N4O/c1-16-7-10-9(6-12)14-11(15-10)8-2-4-13-5-3-8/h2-5H,6-7,12H2,1H3,(H,14,15). The lowest BCUT2D eigenvalue weighted by molar-refractivity contribution is 0.181. The molecule has 3 N–H and O–H groups in total. The zero-order valence-electron chi connectivity index (χ0n) is 9.10. The topological polar surface area (TPSA) is 76.8 Å². The number of ether oxygens (including phenoxy) is 1. The summed E-state index contributed by atoms with van der Waals surface area (Å²) in [4.78, 5) is 11.6. The second-order valence-electron chi connectivity index (χ2n) is 3.38. The van der Waals surface area contributed by atoms with E-state index in [0.717, 1.165) is 22.8 Å². The fourth-order valence-electron chi connectivity index (χ4n) is 1.52. The molecule has 5 heteroatoms. The average molecular weight is 218 g/mol. The molecule has 0 aromatic carbocycles. The Hall–Kier alpha value is -1.72. The predicted molar refractivity (Wildman–Crippen MR) is 60.4 cm³/mol. The monoisotopic (exact) mass is 218 g/mol. The van der Waals surface area contributed by atoms with Crippen LogP contribution in [0.1, 0.15) is 11.4 Å². The van der Waals surface area contributed by atoms with Gasteiger partial charge in [0.25, 0.3) is 0 Å². The highest BCUT2D eigenvalue weighted by atomic mass is 16.5. The summed E-state index contributed by atoms with van der Waals surface area (Å²) in [5.41, 5.74) is 8.38. The largest absolute Gasteiger partial charge is 0.378 e. The van der Waals surface area contributed by atoms with Crippen molar-refractivity contribution in [3.05, 3.63) is 35.9 Å². The molecular weight excluding hydrogens is 204 g/mol. The Morgan fingerprint density at radius 1 is 1.38 bits per heavy atom. The lowest BCUT2D eigenvalue weighted by atomic mass is 10.2. The number of nitrogens with zero attached hydrogens (tertiary/aromatic N) is 2. The molecule has 0 aliphatic carbocycles. The number of nitrogens with one attached hydrogen (secondary N) is 1. The van der Waals surface area contributed by atoms with Crippen LogP contribution in [0, 0.1) is 0 Å². The van der Waals surface area contributed by atoms with Gasteiger partial charge < -0.3 is 15.5 Å². The van der Waals surface area contributed by atoms with E-state index >= 15 is 0 Å². The molecule has 2 heterocycles. The first-order chi connectivity index (χ1) is 7.85. The Kier molecular flexibility index (Phi) is 3.28. The van der Waals surface area contributed by atoms with Gasteiger partial charge >= 0.3 is 0 Å². The van der Waals surface area contributed by atoms with Crippen molar-refractivity contribution >= 4 is 0 Å². The van der Waals surface area contributed by atoms with E-state index in [9.17, 15) is 0 Å². The molecule has 84 valence electrons. The molecule has 0 bridgehead atoms. The van der Waals surface area contributed by atoms with Gasteiger partial charge in [0, 0.05) is 31.6 Å². The van der Waals surface area contributed by atoms with Crippen molar-refractivity contribution in [2.75, 3.05) is 7.11 Å². The van der Waals surface area contributed by atoms with E-state index in [0.29, 0.717) is 13.2 Å². The lowest BCUT2D eigenvalue weighted by Crippen LogP contribution is -2.01. The zero-order valence-corrected chi connectivity index (χ0v) is 9.10. The highest BCUT2D eigenvalue weighted by molar-refractivity contribution is 5.54. The molecule has 0 amide bonds. The van der Waals surface area contributed by atoms with Crippen LogP contribution in [0.25, 0.3) is 11.4 Å². The van der Waals surface area contributed by atoms with Gasteiger partial charge in [-0.05, 0) is 12.1 Å². The van der Waals surface area contributed by atoms with Crippen molar-refractivity contribution < 1.29 is 4.74 Å². The van der Waals surface area contributed by atoms with Crippen molar-refractivity contribution in [3.8, 4) is 11.4 Å². The summed E-state index contributed by atoms with van der Waals surface area (Å²) in [5, 5.41) is 0. The summed E-state index contributed by atoms with van der Waals surface area (Å²) in [5.74, 6) is 0.801. The molecule has 5 nitrogen and oxygen atoms in total. The highest BCUT2D eigenvalue weighted by Crippen LogP contribution is 2.17. The number of methoxy groups -OCH3 is 1. The maximum atomic E-state index is 5.62. The van der Waals surface area contributed by atoms with Gasteiger partial charge in [-0.25, -0.2) is 4.98 Å². The third-order valence-corrected chi connectivity index (χ3v) is 2.30. The van der Waals surface area contributed by atoms with Crippen LogP contribution in [0.5, 0.6) is 0 Å². The first-order valence-electron chi connectivity index (χ1n) is 5.02. The molecule has 2 aromatic rings. The first-order valence-corrected chi connectivity index (χ1v) is 5.02. The molecular formula is C11H14N4O. The van der Waals surface area contributed by atoms with Crippen LogP contribution in [0.3, 0.4) is 0 Å². The highest BCUT2D eigenvalue weighted by Gasteiger charge is 2.09. The Morgan fingerprint density at radius 2 is 2.12 bits per heavy atom. The van der Waals surface area contributed by atoms with Gasteiger partial charge in [0.15, 0.2) is 0 Å². The van der Waals surface area contributed by atoms with E-state index in [4.69, 9.17) is 10.5 Å². The van der Waals surface area contributed by atoms with Gasteiger partial charge in [0.1, 0.15) is 5.82 Å². The van der Waals surface area contributed by atoms with Gasteiger partial charge in [-0.3, -0.25) is 4.98 Å². The minimum atomic E-state index is 0.403. The van der Waals surface area contributed by atoms with Crippen LogP contribution in [0.15, 0.2) is 24.5 Å². The second-order valence-corrected chi connectivity index (χ2v) is 3.38. The zero-order chi connectivity index (χ0) is 11.4. The number of nitrogens with two attached hydrogens (primary N) is 1. The first kappa shape index (κ1) is 10.8. The fraction of sp³-hybridized carbons (Fsp3) is 0.273. The van der Waals surface area contributed by atoms with Crippen LogP contribution < -0.4 is 5.73 Å². The summed E-state index contributed by atoms with van der Waals surface area (Å²) in [7, 11) is 1.65. The molecule has 0 radical (unpaired) electrons. The van der Waals surface area contributed by atoms with E-state index in [1.165, 1.54) is 0 Å². The number of pyridine rings is 1. The van der Waals surface area contributed by atoms with Gasteiger partial charge in [0.05, 0.1) is 18.0 Å². The van der Waals surface area contributed by atoms with Crippen LogP contribution in [-0.4, -0.2) is 22.1 Å². The van der Waals surface area contributed by atoms with E-state index in [-0.39, 0.29) is 0 Å². The van der Waals surface area contributed by atoms with Crippen molar-refractivity contribution in [1.82, 2.24) is 15.0 Å². The van der Waals surface area contributed by atoms with Gasteiger partial charge in [-0.15, -0.1) is 0 Å². The third kappa shape index (κ3) is 2.10. The minimum Gasteiger partial charge on any atom is -0.378 e. The molecule has 2 rings (SSSR count). The number of rotatable bonds is 4. The number of imidazole rings is 1. The van der Waals surface area contributed by atoms with Crippen LogP contribution in [0.4, 0.5) is 0 Å². The molecule has 0 aliphatic heterocycles. The Balaban J connectivity index is 2.36. The van der Waals surface area contributed by atoms with E-state index in [1.54, 1.807) is 19.5 Å². The van der Waals surface area contributed by atoms with E-state index < -0.39 is 0 Å². The normalized spacial score (nSPS) is 10.6. The number of aromatic amines is 1. The molecule has 0 unspecified atom stereocenters. The van der Waals surface area contributed by atoms with Gasteiger partial charge in [-0.2, -0.15) is 0 Å². The second kappa shape index (κ2) is 4.87. The summed E-state index contributed by atoms with van der Waals surface area (Å²) in [6.45, 7) is 0.894. The number of H-pyrrole nitrogens is 1. The van der Waals surface area contributed by atoms with Crippen LogP contribution in [-0.2, 0) is 17.9 Å².